The number of hydrogen-bond acceptors (Lipinski definition) is 1. The molecule has 0 radical (unpaired) electrons. The van der Waals surface area contributed by atoms with Crippen molar-refractivity contribution in [3.63, 3.8) is 0 Å². The molecule has 0 aromatic carbocycles. The molecule has 4 atom stereocenters. The van der Waals surface area contributed by atoms with E-state index in [-0.39, 0.29) is 11.3 Å². The van der Waals surface area contributed by atoms with Gasteiger partial charge in [0.2, 0.25) is 0 Å². The molecule has 0 spiro atoms. The number of hydrogen-bond donors (Lipinski definition) is 1. The Labute approximate surface area is 138 Å². The van der Waals surface area contributed by atoms with Gasteiger partial charge in [-0.15, -0.1) is 6.42 Å². The van der Waals surface area contributed by atoms with Gasteiger partial charge in [-0.05, 0) is 55.2 Å². The molecule has 1 rings (SSSR count). The molecule has 0 aliphatic heterocycles. The summed E-state index contributed by atoms with van der Waals surface area (Å²) in [5.41, 5.74) is 4.02. The quantitative estimate of drug-likeness (QED) is 0.495. The Bertz CT molecular complexity index is 515. The Hall–Kier alpha value is -1.42. The SMILES string of the molecule is C#CC(/C(C)=C(C)\C=C(/C=CCC)NC)C1(C)C(C)C1CC. The lowest BCUT2D eigenvalue weighted by Crippen LogP contribution is -2.17. The number of nitrogens with one attached hydrogen (secondary N) is 1. The van der Waals surface area contributed by atoms with Gasteiger partial charge >= 0.3 is 0 Å². The lowest BCUT2D eigenvalue weighted by Gasteiger charge is -2.23. The highest BCUT2D eigenvalue weighted by molar-refractivity contribution is 5.37. The zero-order chi connectivity index (χ0) is 16.9. The molecule has 0 bridgehead atoms. The van der Waals surface area contributed by atoms with Gasteiger partial charge in [0.25, 0.3) is 0 Å². The van der Waals surface area contributed by atoms with Crippen LogP contribution in [-0.4, -0.2) is 7.05 Å². The summed E-state index contributed by atoms with van der Waals surface area (Å²) in [4.78, 5) is 0. The zero-order valence-corrected chi connectivity index (χ0v) is 15.5. The van der Waals surface area contributed by atoms with E-state index in [1.807, 2.05) is 7.05 Å². The summed E-state index contributed by atoms with van der Waals surface area (Å²) in [6.45, 7) is 13.5. The maximum Gasteiger partial charge on any atom is 0.0471 e. The summed E-state index contributed by atoms with van der Waals surface area (Å²) in [6, 6.07) is 0. The van der Waals surface area contributed by atoms with Crippen molar-refractivity contribution < 1.29 is 0 Å². The van der Waals surface area contributed by atoms with E-state index in [4.69, 9.17) is 6.42 Å². The van der Waals surface area contributed by atoms with Crippen molar-refractivity contribution in [2.45, 2.75) is 54.4 Å². The van der Waals surface area contributed by atoms with Crippen molar-refractivity contribution in [2.75, 3.05) is 7.05 Å². The summed E-state index contributed by atoms with van der Waals surface area (Å²) in [5.74, 6) is 4.79. The smallest absolute Gasteiger partial charge is 0.0471 e. The molecule has 1 nitrogen and oxygen atoms in total. The fourth-order valence-corrected chi connectivity index (χ4v) is 3.93. The van der Waals surface area contributed by atoms with E-state index in [2.05, 4.69) is 71.0 Å². The fourth-order valence-electron chi connectivity index (χ4n) is 3.93. The maximum atomic E-state index is 5.93. The highest BCUT2D eigenvalue weighted by Gasteiger charge is 2.61. The van der Waals surface area contributed by atoms with Gasteiger partial charge in [0, 0.05) is 18.7 Å². The lowest BCUT2D eigenvalue weighted by molar-refractivity contribution is 0.399. The average molecular weight is 300 g/mol. The standard InChI is InChI=1S/C21H33N/c1-9-12-13-18(22-8)14-15(4)16(5)19(10-2)21(7)17(6)20(21)11-3/h2,12-14,17,19-20,22H,9,11H2,1,3-8H3/b13-12?,16-15-,18-14+. The van der Waals surface area contributed by atoms with Gasteiger partial charge in [-0.25, -0.2) is 0 Å². The molecule has 1 heteroatoms. The second-order valence-electron chi connectivity index (χ2n) is 6.80. The van der Waals surface area contributed by atoms with E-state index in [1.54, 1.807) is 0 Å². The Morgan fingerprint density at radius 1 is 1.36 bits per heavy atom. The summed E-state index contributed by atoms with van der Waals surface area (Å²) in [5, 5.41) is 3.25. The first kappa shape index (κ1) is 18.6. The monoisotopic (exact) mass is 299 g/mol. The van der Waals surface area contributed by atoms with Crippen LogP contribution in [0.25, 0.3) is 0 Å². The molecular weight excluding hydrogens is 266 g/mol. The largest absolute Gasteiger partial charge is 0.388 e. The van der Waals surface area contributed by atoms with Gasteiger partial charge in [-0.3, -0.25) is 0 Å². The van der Waals surface area contributed by atoms with Crippen LogP contribution in [-0.2, 0) is 0 Å². The first-order valence-corrected chi connectivity index (χ1v) is 8.57. The van der Waals surface area contributed by atoms with Gasteiger partial charge in [0.15, 0.2) is 0 Å². The summed E-state index contributed by atoms with van der Waals surface area (Å²) >= 11 is 0. The summed E-state index contributed by atoms with van der Waals surface area (Å²) in [7, 11) is 1.96. The van der Waals surface area contributed by atoms with Crippen molar-refractivity contribution in [2.24, 2.45) is 23.2 Å². The molecule has 4 unspecified atom stereocenters. The molecule has 0 aromatic rings. The highest BCUT2D eigenvalue weighted by Crippen LogP contribution is 2.65. The normalized spacial score (nSPS) is 30.7. The molecule has 1 aliphatic carbocycles. The van der Waals surface area contributed by atoms with Crippen molar-refractivity contribution in [3.8, 4) is 12.3 Å². The third-order valence-corrected chi connectivity index (χ3v) is 5.75. The molecule has 1 fully saturated rings. The average Bonchev–Trinajstić information content (AvgIpc) is 3.04. The molecule has 0 saturated heterocycles. The van der Waals surface area contributed by atoms with Crippen molar-refractivity contribution in [1.82, 2.24) is 5.32 Å². The predicted molar refractivity (Wildman–Crippen MR) is 98.3 cm³/mol. The Morgan fingerprint density at radius 3 is 2.41 bits per heavy atom. The third kappa shape index (κ3) is 3.49. The minimum absolute atomic E-state index is 0.233. The molecule has 0 aromatic heterocycles. The molecule has 1 aliphatic rings. The number of allylic oxidation sites excluding steroid dienone is 5. The summed E-state index contributed by atoms with van der Waals surface area (Å²) < 4.78 is 0. The second kappa shape index (κ2) is 7.73. The first-order chi connectivity index (χ1) is 10.4. The molecule has 0 amide bonds. The van der Waals surface area contributed by atoms with E-state index >= 15 is 0 Å². The van der Waals surface area contributed by atoms with Crippen molar-refractivity contribution in [3.05, 3.63) is 35.1 Å². The number of likely N-dealkylation sites (N-methyl/N-ethyl adjacent to an activating group) is 1. The third-order valence-electron chi connectivity index (χ3n) is 5.75. The van der Waals surface area contributed by atoms with Gasteiger partial charge in [0.05, 0.1) is 0 Å². The van der Waals surface area contributed by atoms with Crippen LogP contribution in [0.4, 0.5) is 0 Å². The summed E-state index contributed by atoms with van der Waals surface area (Å²) in [6.07, 6.45) is 14.7. The van der Waals surface area contributed by atoms with Gasteiger partial charge < -0.3 is 5.32 Å². The molecule has 1 N–H and O–H groups in total. The number of terminal acetylenes is 1. The van der Waals surface area contributed by atoms with Crippen molar-refractivity contribution in [1.29, 1.82) is 0 Å². The van der Waals surface area contributed by atoms with Crippen LogP contribution in [0.15, 0.2) is 35.1 Å². The highest BCUT2D eigenvalue weighted by atomic mass is 14.8. The lowest BCUT2D eigenvalue weighted by atomic mass is 9.80. The van der Waals surface area contributed by atoms with Crippen LogP contribution in [0.5, 0.6) is 0 Å². The van der Waals surface area contributed by atoms with Crippen LogP contribution in [0.3, 0.4) is 0 Å². The first-order valence-electron chi connectivity index (χ1n) is 8.57. The van der Waals surface area contributed by atoms with Crippen molar-refractivity contribution >= 4 is 0 Å². The Kier molecular flexibility index (Phi) is 6.54. The molecule has 0 heterocycles. The van der Waals surface area contributed by atoms with Crippen LogP contribution in [0.1, 0.15) is 54.4 Å². The van der Waals surface area contributed by atoms with Crippen LogP contribution < -0.4 is 5.32 Å². The van der Waals surface area contributed by atoms with Crippen LogP contribution in [0, 0.1) is 35.5 Å². The van der Waals surface area contributed by atoms with Crippen LogP contribution >= 0.6 is 0 Å². The molecule has 122 valence electrons. The van der Waals surface area contributed by atoms with E-state index in [9.17, 15) is 0 Å². The van der Waals surface area contributed by atoms with Gasteiger partial charge in [0.1, 0.15) is 0 Å². The van der Waals surface area contributed by atoms with Gasteiger partial charge in [-0.1, -0.05) is 51.7 Å². The van der Waals surface area contributed by atoms with E-state index in [1.165, 1.54) is 17.6 Å². The zero-order valence-electron chi connectivity index (χ0n) is 15.5. The number of rotatable bonds is 7. The van der Waals surface area contributed by atoms with E-state index in [0.29, 0.717) is 5.92 Å². The maximum absolute atomic E-state index is 5.93. The van der Waals surface area contributed by atoms with E-state index < -0.39 is 0 Å². The topological polar surface area (TPSA) is 12.0 Å². The Morgan fingerprint density at radius 2 is 2.00 bits per heavy atom. The Balaban J connectivity index is 3.09. The van der Waals surface area contributed by atoms with E-state index in [0.717, 1.165) is 18.0 Å². The minimum Gasteiger partial charge on any atom is -0.388 e. The second-order valence-corrected chi connectivity index (χ2v) is 6.80. The predicted octanol–water partition coefficient (Wildman–Crippen LogP) is 5.32. The van der Waals surface area contributed by atoms with Crippen LogP contribution in [0.2, 0.25) is 0 Å². The molecule has 1 saturated carbocycles. The minimum atomic E-state index is 0.233. The van der Waals surface area contributed by atoms with Gasteiger partial charge in [-0.2, -0.15) is 0 Å². The fraction of sp³-hybridized carbons (Fsp3) is 0.619. The molecule has 22 heavy (non-hydrogen) atoms. The molecular formula is C21H33N.